The first kappa shape index (κ1) is 21.4. The van der Waals surface area contributed by atoms with Crippen LogP contribution in [0.5, 0.6) is 0 Å². The number of hydrogen-bond acceptors (Lipinski definition) is 3. The summed E-state index contributed by atoms with van der Waals surface area (Å²) in [5.74, 6) is 0. The van der Waals surface area contributed by atoms with Crippen molar-refractivity contribution in [3.8, 4) is 32.8 Å². The Labute approximate surface area is 223 Å². The van der Waals surface area contributed by atoms with E-state index < -0.39 is 0 Å². The maximum absolute atomic E-state index is 6.31. The molecule has 0 unspecified atom stereocenters. The molecule has 0 saturated carbocycles. The van der Waals surface area contributed by atoms with Crippen LogP contribution < -0.4 is 0 Å². The molecule has 8 aromatic rings. The molecule has 2 nitrogen and oxygen atoms in total. The third-order valence-electron chi connectivity index (χ3n) is 7.31. The highest BCUT2D eigenvalue weighted by atomic mass is 32.1. The molecule has 8 rings (SSSR count). The molecule has 0 fully saturated rings. The maximum atomic E-state index is 6.31. The topological polar surface area (TPSA) is 26.0 Å². The molecule has 0 amide bonds. The molecule has 2 heterocycles. The molecule has 6 aromatic carbocycles. The highest BCUT2D eigenvalue weighted by Crippen LogP contribution is 2.38. The summed E-state index contributed by atoms with van der Waals surface area (Å²) >= 11 is 1.75. The quantitative estimate of drug-likeness (QED) is 0.240. The summed E-state index contributed by atoms with van der Waals surface area (Å²) in [6.45, 7) is 0. The Bertz CT molecular complexity index is 2140. The van der Waals surface area contributed by atoms with Crippen LogP contribution in [0.15, 0.2) is 132 Å². The molecule has 0 radical (unpaired) electrons. The second-order valence-corrected chi connectivity index (χ2v) is 10.6. The van der Waals surface area contributed by atoms with Gasteiger partial charge in [-0.2, -0.15) is 0 Å². The Morgan fingerprint density at radius 2 is 1.29 bits per heavy atom. The van der Waals surface area contributed by atoms with E-state index in [4.69, 9.17) is 9.40 Å². The fourth-order valence-corrected chi connectivity index (χ4v) is 6.43. The van der Waals surface area contributed by atoms with E-state index in [0.29, 0.717) is 0 Å². The highest BCUT2D eigenvalue weighted by molar-refractivity contribution is 7.21. The molecule has 178 valence electrons. The smallest absolute Gasteiger partial charge is 0.143 e. The average Bonchev–Trinajstić information content (AvgIpc) is 3.60. The fourth-order valence-electron chi connectivity index (χ4n) is 5.44. The van der Waals surface area contributed by atoms with E-state index in [-0.39, 0.29) is 0 Å². The lowest BCUT2D eigenvalue weighted by Crippen LogP contribution is -1.84. The van der Waals surface area contributed by atoms with Crippen LogP contribution in [0.1, 0.15) is 0 Å². The zero-order valence-electron chi connectivity index (χ0n) is 20.4. The maximum Gasteiger partial charge on any atom is 0.143 e. The molecule has 0 saturated heterocycles. The van der Waals surface area contributed by atoms with Gasteiger partial charge in [0.15, 0.2) is 0 Å². The Morgan fingerprint density at radius 1 is 0.526 bits per heavy atom. The van der Waals surface area contributed by atoms with Gasteiger partial charge in [0.05, 0.1) is 10.2 Å². The van der Waals surface area contributed by atoms with Crippen LogP contribution in [0.2, 0.25) is 0 Å². The van der Waals surface area contributed by atoms with Crippen molar-refractivity contribution in [2.45, 2.75) is 0 Å². The van der Waals surface area contributed by atoms with E-state index in [9.17, 15) is 0 Å². The number of benzene rings is 6. The summed E-state index contributed by atoms with van der Waals surface area (Å²) in [7, 11) is 0. The SMILES string of the molecule is c1ccc(-c2nc3c(ccc4cc(-c5cccc(-c6cccc7c6oc6ccccc67)c5)ccc43)s2)cc1. The van der Waals surface area contributed by atoms with Gasteiger partial charge in [-0.15, -0.1) is 11.3 Å². The highest BCUT2D eigenvalue weighted by Gasteiger charge is 2.13. The fraction of sp³-hybridized carbons (Fsp3) is 0. The van der Waals surface area contributed by atoms with E-state index in [0.717, 1.165) is 49.2 Å². The van der Waals surface area contributed by atoms with Gasteiger partial charge in [0.1, 0.15) is 16.2 Å². The zero-order valence-corrected chi connectivity index (χ0v) is 21.2. The Hall–Kier alpha value is -4.73. The van der Waals surface area contributed by atoms with Gasteiger partial charge >= 0.3 is 0 Å². The van der Waals surface area contributed by atoms with Gasteiger partial charge in [0.25, 0.3) is 0 Å². The van der Waals surface area contributed by atoms with Gasteiger partial charge in [-0.3, -0.25) is 0 Å². The molecule has 0 aliphatic heterocycles. The summed E-state index contributed by atoms with van der Waals surface area (Å²) in [5.41, 5.74) is 8.72. The molecule has 0 spiro atoms. The van der Waals surface area contributed by atoms with Crippen molar-refractivity contribution >= 4 is 54.3 Å². The number of aromatic nitrogens is 1. The molecule has 38 heavy (non-hydrogen) atoms. The van der Waals surface area contributed by atoms with Gasteiger partial charge < -0.3 is 4.42 Å². The Balaban J connectivity index is 1.23. The Kier molecular flexibility index (Phi) is 4.73. The Morgan fingerprint density at radius 3 is 2.24 bits per heavy atom. The van der Waals surface area contributed by atoms with Crippen LogP contribution in [0.4, 0.5) is 0 Å². The number of para-hydroxylation sites is 2. The van der Waals surface area contributed by atoms with E-state index in [1.807, 2.05) is 18.2 Å². The third-order valence-corrected chi connectivity index (χ3v) is 8.38. The molecular weight excluding hydrogens is 482 g/mol. The van der Waals surface area contributed by atoms with Gasteiger partial charge in [-0.25, -0.2) is 4.98 Å². The minimum Gasteiger partial charge on any atom is -0.455 e. The summed E-state index contributed by atoms with van der Waals surface area (Å²) in [5, 5.41) is 5.75. The van der Waals surface area contributed by atoms with Gasteiger partial charge in [0, 0.05) is 27.3 Å². The molecule has 0 aliphatic rings. The third kappa shape index (κ3) is 3.37. The standard InChI is InChI=1S/C35H21NOS/c1-2-8-22(9-3-1)35-36-33-27-18-16-24(21-26(27)17-19-32(33)38-35)23-10-6-11-25(20-23)28-13-7-14-30-29-12-4-5-15-31(29)37-34(28)30/h1-21H. The lowest BCUT2D eigenvalue weighted by Gasteiger charge is -2.08. The normalized spacial score (nSPS) is 11.7. The number of nitrogens with zero attached hydrogens (tertiary/aromatic N) is 1. The van der Waals surface area contributed by atoms with Crippen molar-refractivity contribution in [1.82, 2.24) is 4.98 Å². The molecule has 0 atom stereocenters. The first-order chi connectivity index (χ1) is 18.8. The molecule has 0 bridgehead atoms. The predicted molar refractivity (Wildman–Crippen MR) is 161 cm³/mol. The van der Waals surface area contributed by atoms with Crippen LogP contribution in [0, 0.1) is 0 Å². The van der Waals surface area contributed by atoms with Crippen LogP contribution in [-0.2, 0) is 0 Å². The number of furan rings is 1. The van der Waals surface area contributed by atoms with Crippen LogP contribution in [-0.4, -0.2) is 4.98 Å². The minimum atomic E-state index is 0.921. The number of thiazole rings is 1. The second kappa shape index (κ2) is 8.41. The second-order valence-electron chi connectivity index (χ2n) is 9.59. The molecule has 0 aliphatic carbocycles. The van der Waals surface area contributed by atoms with Crippen LogP contribution in [0.25, 0.3) is 75.8 Å². The van der Waals surface area contributed by atoms with Gasteiger partial charge in [-0.1, -0.05) is 103 Å². The summed E-state index contributed by atoms with van der Waals surface area (Å²) < 4.78 is 7.52. The van der Waals surface area contributed by atoms with Gasteiger partial charge in [0.2, 0.25) is 0 Å². The monoisotopic (exact) mass is 503 g/mol. The molecule has 2 aromatic heterocycles. The lowest BCUT2D eigenvalue weighted by molar-refractivity contribution is 0.670. The van der Waals surface area contributed by atoms with Crippen molar-refractivity contribution in [3.05, 3.63) is 127 Å². The van der Waals surface area contributed by atoms with Gasteiger partial charge in [-0.05, 0) is 46.3 Å². The largest absolute Gasteiger partial charge is 0.455 e. The first-order valence-electron chi connectivity index (χ1n) is 12.7. The molecular formula is C35H21NOS. The van der Waals surface area contributed by atoms with E-state index >= 15 is 0 Å². The summed E-state index contributed by atoms with van der Waals surface area (Å²) in [6, 6.07) is 44.9. The first-order valence-corrected chi connectivity index (χ1v) is 13.5. The van der Waals surface area contributed by atoms with Crippen molar-refractivity contribution in [2.75, 3.05) is 0 Å². The van der Waals surface area contributed by atoms with Crippen LogP contribution >= 0.6 is 11.3 Å². The van der Waals surface area contributed by atoms with Crippen molar-refractivity contribution in [1.29, 1.82) is 0 Å². The lowest BCUT2D eigenvalue weighted by atomic mass is 9.96. The van der Waals surface area contributed by atoms with Crippen molar-refractivity contribution < 1.29 is 4.42 Å². The number of hydrogen-bond donors (Lipinski definition) is 0. The summed E-state index contributed by atoms with van der Waals surface area (Å²) in [4.78, 5) is 5.02. The minimum absolute atomic E-state index is 0.921. The van der Waals surface area contributed by atoms with E-state index in [2.05, 4.69) is 109 Å². The van der Waals surface area contributed by atoms with Crippen molar-refractivity contribution in [2.24, 2.45) is 0 Å². The number of rotatable bonds is 3. The predicted octanol–water partition coefficient (Wildman–Crippen LogP) is 10.3. The van der Waals surface area contributed by atoms with E-state index in [1.165, 1.54) is 26.6 Å². The number of fused-ring (bicyclic) bond motifs is 6. The van der Waals surface area contributed by atoms with E-state index in [1.54, 1.807) is 11.3 Å². The molecule has 0 N–H and O–H groups in total. The van der Waals surface area contributed by atoms with Crippen LogP contribution in [0.3, 0.4) is 0 Å². The van der Waals surface area contributed by atoms with Crippen molar-refractivity contribution in [3.63, 3.8) is 0 Å². The zero-order chi connectivity index (χ0) is 25.1. The summed E-state index contributed by atoms with van der Waals surface area (Å²) in [6.07, 6.45) is 0. The molecule has 3 heteroatoms. The average molecular weight is 504 g/mol.